The third-order valence-electron chi connectivity index (χ3n) is 3.11. The van der Waals surface area contributed by atoms with Crippen LogP contribution in [-0.2, 0) is 4.79 Å². The molecule has 2 rings (SSSR count). The highest BCUT2D eigenvalue weighted by molar-refractivity contribution is 7.16. The highest BCUT2D eigenvalue weighted by Crippen LogP contribution is 2.29. The lowest BCUT2D eigenvalue weighted by Gasteiger charge is -2.15. The molecule has 4 heteroatoms. The summed E-state index contributed by atoms with van der Waals surface area (Å²) in [5.41, 5.74) is 0. The van der Waals surface area contributed by atoms with Crippen molar-refractivity contribution in [1.29, 1.82) is 0 Å². The van der Waals surface area contributed by atoms with E-state index in [0.29, 0.717) is 0 Å². The molecule has 1 heterocycles. The molecule has 0 bridgehead atoms. The van der Waals surface area contributed by atoms with Crippen molar-refractivity contribution in [3.63, 3.8) is 0 Å². The van der Waals surface area contributed by atoms with Crippen LogP contribution in [0.1, 0.15) is 43.5 Å². The topological polar surface area (TPSA) is 29.1 Å². The van der Waals surface area contributed by atoms with E-state index in [9.17, 15) is 4.79 Å². The van der Waals surface area contributed by atoms with Gasteiger partial charge in [-0.2, -0.15) is 0 Å². The number of carbonyl (C=O) groups excluding carboxylic acids is 1. The van der Waals surface area contributed by atoms with E-state index in [1.807, 2.05) is 19.1 Å². The average molecular weight is 258 g/mol. The molecular formula is C12H16ClNOS. The number of hydrogen-bond donors (Lipinski definition) is 1. The van der Waals surface area contributed by atoms with Crippen molar-refractivity contribution < 1.29 is 4.79 Å². The Morgan fingerprint density at radius 1 is 1.50 bits per heavy atom. The van der Waals surface area contributed by atoms with Gasteiger partial charge in [-0.1, -0.05) is 24.4 Å². The maximum absolute atomic E-state index is 11.9. The van der Waals surface area contributed by atoms with E-state index in [1.54, 1.807) is 0 Å². The summed E-state index contributed by atoms with van der Waals surface area (Å²) < 4.78 is 0.775. The molecule has 1 saturated carbocycles. The van der Waals surface area contributed by atoms with Gasteiger partial charge >= 0.3 is 0 Å². The van der Waals surface area contributed by atoms with Gasteiger partial charge in [-0.25, -0.2) is 0 Å². The van der Waals surface area contributed by atoms with E-state index in [4.69, 9.17) is 11.6 Å². The first kappa shape index (κ1) is 11.9. The molecule has 16 heavy (non-hydrogen) atoms. The first-order valence-electron chi connectivity index (χ1n) is 5.72. The van der Waals surface area contributed by atoms with Crippen LogP contribution in [0.5, 0.6) is 0 Å². The molecule has 1 N–H and O–H groups in total. The minimum Gasteiger partial charge on any atom is -0.349 e. The summed E-state index contributed by atoms with van der Waals surface area (Å²) in [5.74, 6) is 0.437. The van der Waals surface area contributed by atoms with E-state index >= 15 is 0 Å². The Morgan fingerprint density at radius 2 is 2.19 bits per heavy atom. The molecule has 0 aromatic carbocycles. The van der Waals surface area contributed by atoms with Gasteiger partial charge in [0.25, 0.3) is 0 Å². The third kappa shape index (κ3) is 2.77. The van der Waals surface area contributed by atoms with Crippen molar-refractivity contribution in [3.8, 4) is 0 Å². The highest BCUT2D eigenvalue weighted by atomic mass is 35.5. The Balaban J connectivity index is 1.91. The number of carbonyl (C=O) groups is 1. The van der Waals surface area contributed by atoms with Crippen molar-refractivity contribution in [1.82, 2.24) is 5.32 Å². The SMILES string of the molecule is C[C@@H](NC(=O)C1CCCC1)c1ccc(Cl)s1. The van der Waals surface area contributed by atoms with Crippen molar-refractivity contribution >= 4 is 28.8 Å². The van der Waals surface area contributed by atoms with Crippen molar-refractivity contribution in [3.05, 3.63) is 21.3 Å². The predicted octanol–water partition coefficient (Wildman–Crippen LogP) is 3.77. The van der Waals surface area contributed by atoms with Gasteiger partial charge in [-0.3, -0.25) is 4.79 Å². The minimum atomic E-state index is 0.0746. The normalized spacial score (nSPS) is 18.6. The number of nitrogens with one attached hydrogen (secondary N) is 1. The maximum Gasteiger partial charge on any atom is 0.223 e. The summed E-state index contributed by atoms with van der Waals surface area (Å²) in [7, 11) is 0. The van der Waals surface area contributed by atoms with Gasteiger partial charge in [-0.05, 0) is 31.9 Å². The van der Waals surface area contributed by atoms with E-state index in [1.165, 1.54) is 24.2 Å². The van der Waals surface area contributed by atoms with Gasteiger partial charge in [0.2, 0.25) is 5.91 Å². The summed E-state index contributed by atoms with van der Waals surface area (Å²) in [6.45, 7) is 2.01. The number of amides is 1. The monoisotopic (exact) mass is 257 g/mol. The minimum absolute atomic E-state index is 0.0746. The molecule has 1 aromatic rings. The Morgan fingerprint density at radius 3 is 2.75 bits per heavy atom. The summed E-state index contributed by atoms with van der Waals surface area (Å²) >= 11 is 7.41. The van der Waals surface area contributed by atoms with Crippen LogP contribution in [0.2, 0.25) is 4.34 Å². The Hall–Kier alpha value is -0.540. The van der Waals surface area contributed by atoms with E-state index in [0.717, 1.165) is 22.1 Å². The third-order valence-corrected chi connectivity index (χ3v) is 4.52. The van der Waals surface area contributed by atoms with Crippen LogP contribution in [0, 0.1) is 5.92 Å². The van der Waals surface area contributed by atoms with E-state index < -0.39 is 0 Å². The largest absolute Gasteiger partial charge is 0.349 e. The first-order chi connectivity index (χ1) is 7.66. The second-order valence-electron chi connectivity index (χ2n) is 4.35. The molecule has 2 nitrogen and oxygen atoms in total. The molecule has 0 spiro atoms. The van der Waals surface area contributed by atoms with Crippen molar-refractivity contribution in [2.45, 2.75) is 38.6 Å². The van der Waals surface area contributed by atoms with Crippen molar-refractivity contribution in [2.75, 3.05) is 0 Å². The van der Waals surface area contributed by atoms with Gasteiger partial charge in [0, 0.05) is 10.8 Å². The summed E-state index contributed by atoms with van der Waals surface area (Å²) in [4.78, 5) is 13.0. The lowest BCUT2D eigenvalue weighted by Crippen LogP contribution is -2.31. The predicted molar refractivity (Wildman–Crippen MR) is 67.8 cm³/mol. The summed E-state index contributed by atoms with van der Waals surface area (Å²) in [6.07, 6.45) is 4.47. The zero-order valence-electron chi connectivity index (χ0n) is 9.33. The molecule has 1 aliphatic carbocycles. The van der Waals surface area contributed by atoms with Crippen LogP contribution in [0.25, 0.3) is 0 Å². The molecule has 1 amide bonds. The Bertz CT molecular complexity index is 371. The second kappa shape index (κ2) is 5.19. The van der Waals surface area contributed by atoms with Gasteiger partial charge in [0.15, 0.2) is 0 Å². The molecule has 1 fully saturated rings. The first-order valence-corrected chi connectivity index (χ1v) is 6.92. The molecule has 0 saturated heterocycles. The molecule has 0 unspecified atom stereocenters. The zero-order chi connectivity index (χ0) is 11.5. The maximum atomic E-state index is 11.9. The number of thiophene rings is 1. The average Bonchev–Trinajstić information content (AvgIpc) is 2.87. The molecule has 0 aliphatic heterocycles. The lowest BCUT2D eigenvalue weighted by atomic mass is 10.1. The number of halogens is 1. The van der Waals surface area contributed by atoms with Crippen molar-refractivity contribution in [2.24, 2.45) is 5.92 Å². The van der Waals surface area contributed by atoms with E-state index in [2.05, 4.69) is 5.32 Å². The fraction of sp³-hybridized carbons (Fsp3) is 0.583. The highest BCUT2D eigenvalue weighted by Gasteiger charge is 2.24. The fourth-order valence-corrected chi connectivity index (χ4v) is 3.21. The number of hydrogen-bond acceptors (Lipinski definition) is 2. The second-order valence-corrected chi connectivity index (χ2v) is 6.10. The summed E-state index contributed by atoms with van der Waals surface area (Å²) in [5, 5.41) is 3.06. The molecule has 1 atom stereocenters. The van der Waals surface area contributed by atoms with Crippen LogP contribution in [-0.4, -0.2) is 5.91 Å². The van der Waals surface area contributed by atoms with Crippen LogP contribution in [0.4, 0.5) is 0 Å². The molecule has 88 valence electrons. The quantitative estimate of drug-likeness (QED) is 0.878. The molecule has 1 aromatic heterocycles. The van der Waals surface area contributed by atoms with Crippen LogP contribution in [0.3, 0.4) is 0 Å². The van der Waals surface area contributed by atoms with Crippen LogP contribution < -0.4 is 5.32 Å². The van der Waals surface area contributed by atoms with E-state index in [-0.39, 0.29) is 17.9 Å². The Labute approximate surface area is 105 Å². The molecular weight excluding hydrogens is 242 g/mol. The smallest absolute Gasteiger partial charge is 0.223 e. The van der Waals surface area contributed by atoms with Crippen LogP contribution in [0.15, 0.2) is 12.1 Å². The molecule has 1 aliphatic rings. The molecule has 0 radical (unpaired) electrons. The summed E-state index contributed by atoms with van der Waals surface area (Å²) in [6, 6.07) is 3.93. The van der Waals surface area contributed by atoms with Gasteiger partial charge in [-0.15, -0.1) is 11.3 Å². The van der Waals surface area contributed by atoms with Gasteiger partial charge < -0.3 is 5.32 Å². The van der Waals surface area contributed by atoms with Crippen LogP contribution >= 0.6 is 22.9 Å². The number of rotatable bonds is 3. The van der Waals surface area contributed by atoms with Gasteiger partial charge in [0.05, 0.1) is 10.4 Å². The van der Waals surface area contributed by atoms with Gasteiger partial charge in [0.1, 0.15) is 0 Å². The Kier molecular flexibility index (Phi) is 3.87. The zero-order valence-corrected chi connectivity index (χ0v) is 10.9. The lowest BCUT2D eigenvalue weighted by molar-refractivity contribution is -0.125. The standard InChI is InChI=1S/C12H16ClNOS/c1-8(10-6-7-11(13)16-10)14-12(15)9-4-2-3-5-9/h6-9H,2-5H2,1H3,(H,14,15)/t8-/m1/s1. The fourth-order valence-electron chi connectivity index (χ4n) is 2.15.